The first-order chi connectivity index (χ1) is 12.6. The average molecular weight is 354 g/mol. The lowest BCUT2D eigenvalue weighted by Crippen LogP contribution is -2.24. The summed E-state index contributed by atoms with van der Waals surface area (Å²) in [5.74, 6) is 0.360. The molecule has 6 nitrogen and oxygen atoms in total. The van der Waals surface area contributed by atoms with Crippen LogP contribution >= 0.6 is 0 Å². The molecule has 0 heterocycles. The molecule has 0 radical (unpaired) electrons. The van der Waals surface area contributed by atoms with Gasteiger partial charge in [0.05, 0.1) is 18.4 Å². The van der Waals surface area contributed by atoms with Crippen LogP contribution in [0.2, 0.25) is 0 Å². The molecule has 0 unspecified atom stereocenters. The zero-order valence-corrected chi connectivity index (χ0v) is 15.0. The maximum Gasteiger partial charge on any atom is 0.262 e. The number of allylic oxidation sites excluding steroid dienone is 1. The lowest BCUT2D eigenvalue weighted by Gasteiger charge is -2.13. The van der Waals surface area contributed by atoms with Crippen molar-refractivity contribution in [2.45, 2.75) is 6.92 Å². The molecule has 0 spiro atoms. The Bertz CT molecular complexity index is 815. The zero-order chi connectivity index (χ0) is 18.9. The molecule has 136 valence electrons. The van der Waals surface area contributed by atoms with E-state index in [4.69, 9.17) is 9.47 Å². The molecule has 0 aliphatic heterocycles. The Hall–Kier alpha value is -3.28. The van der Waals surface area contributed by atoms with Crippen molar-refractivity contribution in [1.82, 2.24) is 5.32 Å². The molecule has 0 saturated heterocycles. The number of rotatable bonds is 7. The second-order valence-corrected chi connectivity index (χ2v) is 5.37. The van der Waals surface area contributed by atoms with Crippen LogP contribution in [0, 0.1) is 0 Å². The van der Waals surface area contributed by atoms with Gasteiger partial charge in [-0.05, 0) is 36.8 Å². The highest BCUT2D eigenvalue weighted by Gasteiger charge is 2.13. The minimum atomic E-state index is -0.374. The van der Waals surface area contributed by atoms with Gasteiger partial charge in [0.25, 0.3) is 11.8 Å². The van der Waals surface area contributed by atoms with Crippen LogP contribution in [0.15, 0.2) is 48.5 Å². The minimum absolute atomic E-state index is 0.207. The summed E-state index contributed by atoms with van der Waals surface area (Å²) in [6.45, 7) is 1.72. The number of ether oxygens (including phenoxy) is 2. The highest BCUT2D eigenvalue weighted by atomic mass is 16.5. The number of anilines is 1. The van der Waals surface area contributed by atoms with Gasteiger partial charge < -0.3 is 20.1 Å². The maximum atomic E-state index is 12.2. The van der Waals surface area contributed by atoms with Gasteiger partial charge in [0.15, 0.2) is 18.1 Å². The normalized spacial score (nSPS) is 10.4. The van der Waals surface area contributed by atoms with Gasteiger partial charge in [0.1, 0.15) is 0 Å². The van der Waals surface area contributed by atoms with Crippen LogP contribution in [-0.2, 0) is 4.79 Å². The van der Waals surface area contributed by atoms with E-state index in [2.05, 4.69) is 10.6 Å². The standard InChI is InChI=1S/C20H22N2O4/c1-4-7-14-10-11-17(18(12-14)25-3)26-13-19(23)22-16-9-6-5-8-15(16)20(24)21-2/h4-12H,13H2,1-3H3,(H,21,24)(H,22,23)/b7-4+. The maximum absolute atomic E-state index is 12.2. The van der Waals surface area contributed by atoms with E-state index in [1.54, 1.807) is 37.4 Å². The summed E-state index contributed by atoms with van der Waals surface area (Å²) in [7, 11) is 3.08. The van der Waals surface area contributed by atoms with Crippen molar-refractivity contribution >= 4 is 23.6 Å². The van der Waals surface area contributed by atoms with Crippen LogP contribution < -0.4 is 20.1 Å². The van der Waals surface area contributed by atoms with Crippen LogP contribution in [0.5, 0.6) is 11.5 Å². The lowest BCUT2D eigenvalue weighted by atomic mass is 10.1. The van der Waals surface area contributed by atoms with Gasteiger partial charge in [0, 0.05) is 7.05 Å². The molecule has 0 saturated carbocycles. The topological polar surface area (TPSA) is 76.7 Å². The molecule has 0 aromatic heterocycles. The van der Waals surface area contributed by atoms with E-state index in [-0.39, 0.29) is 18.4 Å². The van der Waals surface area contributed by atoms with E-state index in [9.17, 15) is 9.59 Å². The SMILES string of the molecule is C/C=C/c1ccc(OCC(=O)Nc2ccccc2C(=O)NC)c(OC)c1. The Morgan fingerprint density at radius 2 is 1.88 bits per heavy atom. The fraction of sp³-hybridized carbons (Fsp3) is 0.200. The van der Waals surface area contributed by atoms with Gasteiger partial charge in [-0.1, -0.05) is 30.4 Å². The second-order valence-electron chi connectivity index (χ2n) is 5.37. The largest absolute Gasteiger partial charge is 0.493 e. The molecule has 0 aliphatic carbocycles. The summed E-state index contributed by atoms with van der Waals surface area (Å²) in [4.78, 5) is 24.0. The van der Waals surface area contributed by atoms with Gasteiger partial charge in [-0.25, -0.2) is 0 Å². The summed E-state index contributed by atoms with van der Waals surface area (Å²) in [5, 5.41) is 5.23. The number of hydrogen-bond donors (Lipinski definition) is 2. The number of methoxy groups -OCH3 is 1. The van der Waals surface area contributed by atoms with Crippen molar-refractivity contribution < 1.29 is 19.1 Å². The lowest BCUT2D eigenvalue weighted by molar-refractivity contribution is -0.118. The van der Waals surface area contributed by atoms with Crippen LogP contribution in [0.1, 0.15) is 22.8 Å². The zero-order valence-electron chi connectivity index (χ0n) is 15.0. The molecule has 0 aliphatic rings. The van der Waals surface area contributed by atoms with Crippen LogP contribution in [-0.4, -0.2) is 32.6 Å². The Morgan fingerprint density at radius 3 is 2.58 bits per heavy atom. The quantitative estimate of drug-likeness (QED) is 0.801. The van der Waals surface area contributed by atoms with E-state index < -0.39 is 0 Å². The Kier molecular flexibility index (Phi) is 6.79. The summed E-state index contributed by atoms with van der Waals surface area (Å²) < 4.78 is 10.9. The number of nitrogens with one attached hydrogen (secondary N) is 2. The smallest absolute Gasteiger partial charge is 0.262 e. The van der Waals surface area contributed by atoms with Gasteiger partial charge in [0.2, 0.25) is 0 Å². The fourth-order valence-electron chi connectivity index (χ4n) is 2.35. The van der Waals surface area contributed by atoms with E-state index >= 15 is 0 Å². The van der Waals surface area contributed by atoms with Crippen molar-refractivity contribution in [2.75, 3.05) is 26.1 Å². The molecular formula is C20H22N2O4. The predicted molar refractivity (Wildman–Crippen MR) is 102 cm³/mol. The van der Waals surface area contributed by atoms with Crippen molar-refractivity contribution in [3.05, 3.63) is 59.7 Å². The summed E-state index contributed by atoms with van der Waals surface area (Å²) in [6, 6.07) is 12.2. The first kappa shape index (κ1) is 19.1. The predicted octanol–water partition coefficient (Wildman–Crippen LogP) is 3.11. The van der Waals surface area contributed by atoms with Crippen molar-refractivity contribution in [1.29, 1.82) is 0 Å². The second kappa shape index (κ2) is 9.27. The fourth-order valence-corrected chi connectivity index (χ4v) is 2.35. The van der Waals surface area contributed by atoms with E-state index in [0.717, 1.165) is 5.56 Å². The Labute approximate surface area is 152 Å². The summed E-state index contributed by atoms with van der Waals surface area (Å²) in [5.41, 5.74) is 1.79. The Balaban J connectivity index is 2.05. The van der Waals surface area contributed by atoms with Crippen molar-refractivity contribution in [3.8, 4) is 11.5 Å². The molecule has 2 rings (SSSR count). The first-order valence-corrected chi connectivity index (χ1v) is 8.13. The molecule has 0 atom stereocenters. The molecule has 2 aromatic rings. The third-order valence-electron chi connectivity index (χ3n) is 3.58. The number of benzene rings is 2. The summed E-state index contributed by atoms with van der Waals surface area (Å²) in [6.07, 6.45) is 3.86. The monoisotopic (exact) mass is 354 g/mol. The molecule has 2 aromatic carbocycles. The van der Waals surface area contributed by atoms with Gasteiger partial charge in [-0.3, -0.25) is 9.59 Å². The van der Waals surface area contributed by atoms with E-state index in [1.807, 2.05) is 31.2 Å². The molecule has 0 bridgehead atoms. The highest BCUT2D eigenvalue weighted by Crippen LogP contribution is 2.28. The van der Waals surface area contributed by atoms with Crippen LogP contribution in [0.4, 0.5) is 5.69 Å². The molecule has 2 N–H and O–H groups in total. The molecule has 0 fully saturated rings. The highest BCUT2D eigenvalue weighted by molar-refractivity contribution is 6.03. The number of hydrogen-bond acceptors (Lipinski definition) is 4. The third-order valence-corrected chi connectivity index (χ3v) is 3.58. The van der Waals surface area contributed by atoms with Gasteiger partial charge in [-0.15, -0.1) is 0 Å². The van der Waals surface area contributed by atoms with E-state index in [0.29, 0.717) is 22.7 Å². The number of amides is 2. The number of para-hydroxylation sites is 1. The Morgan fingerprint density at radius 1 is 1.12 bits per heavy atom. The van der Waals surface area contributed by atoms with Gasteiger partial charge >= 0.3 is 0 Å². The number of carbonyl (C=O) groups is 2. The van der Waals surface area contributed by atoms with Crippen LogP contribution in [0.25, 0.3) is 6.08 Å². The molecule has 2 amide bonds. The van der Waals surface area contributed by atoms with Crippen molar-refractivity contribution in [3.63, 3.8) is 0 Å². The minimum Gasteiger partial charge on any atom is -0.493 e. The third kappa shape index (κ3) is 4.86. The van der Waals surface area contributed by atoms with E-state index in [1.165, 1.54) is 7.05 Å². The average Bonchev–Trinajstić information content (AvgIpc) is 2.67. The molecule has 26 heavy (non-hydrogen) atoms. The van der Waals surface area contributed by atoms with Crippen molar-refractivity contribution in [2.24, 2.45) is 0 Å². The number of carbonyl (C=O) groups excluding carboxylic acids is 2. The summed E-state index contributed by atoms with van der Waals surface area (Å²) >= 11 is 0. The molecular weight excluding hydrogens is 332 g/mol. The van der Waals surface area contributed by atoms with Gasteiger partial charge in [-0.2, -0.15) is 0 Å². The van der Waals surface area contributed by atoms with Crippen LogP contribution in [0.3, 0.4) is 0 Å². The molecule has 6 heteroatoms. The first-order valence-electron chi connectivity index (χ1n) is 8.13.